The number of benzene rings is 1. The molecule has 0 aliphatic carbocycles. The molecular weight excluding hydrogens is 260 g/mol. The second-order valence-corrected chi connectivity index (χ2v) is 5.66. The zero-order valence-electron chi connectivity index (χ0n) is 12.7. The lowest BCUT2D eigenvalue weighted by Gasteiger charge is -2.08. The maximum absolute atomic E-state index is 4.53. The highest BCUT2D eigenvalue weighted by atomic mass is 15.3. The minimum Gasteiger partial charge on any atom is -0.380 e. The van der Waals surface area contributed by atoms with Gasteiger partial charge >= 0.3 is 0 Å². The summed E-state index contributed by atoms with van der Waals surface area (Å²) in [6.07, 6.45) is 3.75. The van der Waals surface area contributed by atoms with E-state index in [4.69, 9.17) is 0 Å². The summed E-state index contributed by atoms with van der Waals surface area (Å²) < 4.78 is 1.94. The summed E-state index contributed by atoms with van der Waals surface area (Å²) >= 11 is 0. The van der Waals surface area contributed by atoms with Crippen LogP contribution >= 0.6 is 0 Å². The number of nitrogens with zero attached hydrogens (tertiary/aromatic N) is 3. The van der Waals surface area contributed by atoms with Gasteiger partial charge in [-0.3, -0.25) is 0 Å². The Bertz CT molecular complexity index is 741. The smallest absolute Gasteiger partial charge is 0.158 e. The van der Waals surface area contributed by atoms with Crippen molar-refractivity contribution >= 4 is 16.7 Å². The molecule has 3 rings (SSSR count). The van der Waals surface area contributed by atoms with Gasteiger partial charge in [-0.15, -0.1) is 0 Å². The molecule has 1 N–H and O–H groups in total. The van der Waals surface area contributed by atoms with Gasteiger partial charge < -0.3 is 5.32 Å². The lowest BCUT2D eigenvalue weighted by molar-refractivity contribution is 0.546. The first-order valence-electron chi connectivity index (χ1n) is 7.26. The zero-order valence-corrected chi connectivity index (χ0v) is 12.7. The van der Waals surface area contributed by atoms with Crippen LogP contribution in [0, 0.1) is 6.92 Å². The van der Waals surface area contributed by atoms with Crippen molar-refractivity contribution in [3.63, 3.8) is 0 Å². The fourth-order valence-electron chi connectivity index (χ4n) is 2.32. The van der Waals surface area contributed by atoms with E-state index in [0.29, 0.717) is 6.04 Å². The summed E-state index contributed by atoms with van der Waals surface area (Å²) in [6, 6.07) is 11.0. The van der Waals surface area contributed by atoms with E-state index in [1.165, 1.54) is 11.1 Å². The zero-order chi connectivity index (χ0) is 14.8. The molecule has 0 bridgehead atoms. The standard InChI is InChI=1S/C17H20N4/c1-12(2)21-17-15(10-20-21)8-16(11-19-17)18-9-14-6-4-13(3)5-7-14/h4-8,10-12,18H,9H2,1-3H3. The van der Waals surface area contributed by atoms with Crippen LogP contribution in [-0.2, 0) is 6.54 Å². The van der Waals surface area contributed by atoms with Gasteiger partial charge in [0, 0.05) is 18.0 Å². The lowest BCUT2D eigenvalue weighted by atomic mass is 10.1. The van der Waals surface area contributed by atoms with Crippen molar-refractivity contribution in [3.8, 4) is 0 Å². The van der Waals surface area contributed by atoms with Crippen LogP contribution in [0.5, 0.6) is 0 Å². The van der Waals surface area contributed by atoms with Crippen molar-refractivity contribution in [2.75, 3.05) is 5.32 Å². The highest BCUT2D eigenvalue weighted by Crippen LogP contribution is 2.19. The molecule has 0 saturated carbocycles. The van der Waals surface area contributed by atoms with E-state index in [2.05, 4.69) is 66.5 Å². The SMILES string of the molecule is Cc1ccc(CNc2cnc3c(cnn3C(C)C)c2)cc1. The van der Waals surface area contributed by atoms with E-state index in [-0.39, 0.29) is 0 Å². The van der Waals surface area contributed by atoms with Gasteiger partial charge in [0.1, 0.15) is 0 Å². The number of fused-ring (bicyclic) bond motifs is 1. The van der Waals surface area contributed by atoms with Crippen molar-refractivity contribution in [1.82, 2.24) is 14.8 Å². The van der Waals surface area contributed by atoms with Crippen LogP contribution in [0.4, 0.5) is 5.69 Å². The summed E-state index contributed by atoms with van der Waals surface area (Å²) in [5, 5.41) is 8.87. The van der Waals surface area contributed by atoms with Gasteiger partial charge in [0.2, 0.25) is 0 Å². The predicted molar refractivity (Wildman–Crippen MR) is 86.4 cm³/mol. The average molecular weight is 280 g/mol. The summed E-state index contributed by atoms with van der Waals surface area (Å²) in [5.41, 5.74) is 4.50. The summed E-state index contributed by atoms with van der Waals surface area (Å²) in [6.45, 7) is 7.11. The number of aromatic nitrogens is 3. The Balaban J connectivity index is 1.77. The van der Waals surface area contributed by atoms with Gasteiger partial charge in [-0.1, -0.05) is 29.8 Å². The van der Waals surface area contributed by atoms with Crippen LogP contribution < -0.4 is 5.32 Å². The summed E-state index contributed by atoms with van der Waals surface area (Å²) in [7, 11) is 0. The van der Waals surface area contributed by atoms with Crippen molar-refractivity contribution < 1.29 is 0 Å². The molecule has 0 fully saturated rings. The van der Waals surface area contributed by atoms with Gasteiger partial charge in [0.15, 0.2) is 5.65 Å². The molecule has 0 aliphatic rings. The van der Waals surface area contributed by atoms with Crippen LogP contribution in [0.15, 0.2) is 42.7 Å². The molecule has 3 aromatic rings. The number of pyridine rings is 1. The lowest BCUT2D eigenvalue weighted by Crippen LogP contribution is -2.04. The quantitative estimate of drug-likeness (QED) is 0.787. The van der Waals surface area contributed by atoms with Gasteiger partial charge in [0.05, 0.1) is 18.1 Å². The Kier molecular flexibility index (Phi) is 3.60. The maximum atomic E-state index is 4.53. The van der Waals surface area contributed by atoms with Crippen LogP contribution in [0.1, 0.15) is 31.0 Å². The monoisotopic (exact) mass is 280 g/mol. The summed E-state index contributed by atoms with van der Waals surface area (Å²) in [4.78, 5) is 4.53. The van der Waals surface area contributed by atoms with E-state index in [0.717, 1.165) is 23.3 Å². The normalized spacial score (nSPS) is 11.2. The number of aryl methyl sites for hydroxylation is 1. The number of anilines is 1. The van der Waals surface area contributed by atoms with Gasteiger partial charge in [-0.2, -0.15) is 5.10 Å². The number of rotatable bonds is 4. The first kappa shape index (κ1) is 13.6. The number of nitrogens with one attached hydrogen (secondary N) is 1. The van der Waals surface area contributed by atoms with Gasteiger partial charge in [0.25, 0.3) is 0 Å². The molecule has 1 aromatic carbocycles. The number of hydrogen-bond acceptors (Lipinski definition) is 3. The molecule has 4 heteroatoms. The highest BCUT2D eigenvalue weighted by molar-refractivity contribution is 5.78. The van der Waals surface area contributed by atoms with Gasteiger partial charge in [-0.25, -0.2) is 9.67 Å². The number of hydrogen-bond donors (Lipinski definition) is 1. The molecule has 0 spiro atoms. The molecule has 2 heterocycles. The van der Waals surface area contributed by atoms with Crippen molar-refractivity contribution in [2.45, 2.75) is 33.4 Å². The Labute approximate surface area is 124 Å². The molecule has 21 heavy (non-hydrogen) atoms. The average Bonchev–Trinajstić information content (AvgIpc) is 2.90. The third kappa shape index (κ3) is 2.89. The molecule has 2 aromatic heterocycles. The third-order valence-corrected chi connectivity index (χ3v) is 3.54. The Hall–Kier alpha value is -2.36. The Morgan fingerprint density at radius 1 is 1.14 bits per heavy atom. The third-order valence-electron chi connectivity index (χ3n) is 3.54. The second-order valence-electron chi connectivity index (χ2n) is 5.66. The van der Waals surface area contributed by atoms with Crippen LogP contribution in [0.25, 0.3) is 11.0 Å². The maximum Gasteiger partial charge on any atom is 0.158 e. The molecule has 0 radical (unpaired) electrons. The van der Waals surface area contributed by atoms with Crippen molar-refractivity contribution in [1.29, 1.82) is 0 Å². The molecule has 0 saturated heterocycles. The molecule has 108 valence electrons. The second kappa shape index (κ2) is 5.56. The van der Waals surface area contributed by atoms with E-state index in [1.807, 2.05) is 17.1 Å². The van der Waals surface area contributed by atoms with E-state index < -0.39 is 0 Å². The molecule has 4 nitrogen and oxygen atoms in total. The van der Waals surface area contributed by atoms with Gasteiger partial charge in [-0.05, 0) is 32.4 Å². The topological polar surface area (TPSA) is 42.7 Å². The molecule has 0 unspecified atom stereocenters. The Morgan fingerprint density at radius 2 is 1.90 bits per heavy atom. The first-order valence-corrected chi connectivity index (χ1v) is 7.26. The van der Waals surface area contributed by atoms with Crippen LogP contribution in [0.2, 0.25) is 0 Å². The van der Waals surface area contributed by atoms with E-state index >= 15 is 0 Å². The first-order chi connectivity index (χ1) is 10.1. The van der Waals surface area contributed by atoms with Crippen LogP contribution in [0.3, 0.4) is 0 Å². The molecule has 0 aliphatic heterocycles. The fraction of sp³-hybridized carbons (Fsp3) is 0.294. The fourth-order valence-corrected chi connectivity index (χ4v) is 2.32. The minimum absolute atomic E-state index is 0.321. The minimum atomic E-state index is 0.321. The Morgan fingerprint density at radius 3 is 2.62 bits per heavy atom. The van der Waals surface area contributed by atoms with Crippen LogP contribution in [-0.4, -0.2) is 14.8 Å². The molecule has 0 amide bonds. The van der Waals surface area contributed by atoms with Crippen molar-refractivity contribution in [2.24, 2.45) is 0 Å². The molecule has 0 atom stereocenters. The molecular formula is C17H20N4. The van der Waals surface area contributed by atoms with Crippen molar-refractivity contribution in [3.05, 3.63) is 53.9 Å². The van der Waals surface area contributed by atoms with E-state index in [9.17, 15) is 0 Å². The predicted octanol–water partition coefficient (Wildman–Crippen LogP) is 3.93. The highest BCUT2D eigenvalue weighted by Gasteiger charge is 2.07. The largest absolute Gasteiger partial charge is 0.380 e. The van der Waals surface area contributed by atoms with E-state index in [1.54, 1.807) is 0 Å². The summed E-state index contributed by atoms with van der Waals surface area (Å²) in [5.74, 6) is 0.